The third-order valence-electron chi connectivity index (χ3n) is 5.24. The van der Waals surface area contributed by atoms with Gasteiger partial charge in [0.15, 0.2) is 0 Å². The average molecular weight is 493 g/mol. The molecule has 2 N–H and O–H groups in total. The molecule has 0 saturated carbocycles. The Morgan fingerprint density at radius 3 is 2.47 bits per heavy atom. The van der Waals surface area contributed by atoms with Crippen molar-refractivity contribution in [3.63, 3.8) is 0 Å². The molecule has 3 rings (SSSR count). The fourth-order valence-electron chi connectivity index (χ4n) is 3.63. The number of carbonyl (C=O) groups is 2. The fraction of sp³-hybridized carbons (Fsp3) is 0.321. The Balaban J connectivity index is 1.63. The first kappa shape index (κ1) is 26.7. The minimum atomic E-state index is -0.732. The molecule has 0 aliphatic rings. The first-order valence-corrected chi connectivity index (χ1v) is 11.7. The van der Waals surface area contributed by atoms with Gasteiger partial charge >= 0.3 is 11.6 Å². The summed E-state index contributed by atoms with van der Waals surface area (Å²) in [5.74, 6) is -0.223. The van der Waals surface area contributed by atoms with E-state index in [1.807, 2.05) is 32.9 Å². The molecule has 1 aromatic heterocycles. The Hall–Kier alpha value is -3.91. The van der Waals surface area contributed by atoms with Gasteiger partial charge < -0.3 is 24.5 Å². The highest BCUT2D eigenvalue weighted by atomic mass is 16.6. The second-order valence-corrected chi connectivity index (χ2v) is 9.27. The summed E-state index contributed by atoms with van der Waals surface area (Å²) in [6.07, 6.45) is 2.43. The van der Waals surface area contributed by atoms with Crippen molar-refractivity contribution in [2.45, 2.75) is 45.8 Å². The Kier molecular flexibility index (Phi) is 8.66. The number of ether oxygens (including phenoxy) is 2. The number of benzene rings is 2. The molecule has 0 radical (unpaired) electrons. The van der Waals surface area contributed by atoms with E-state index < -0.39 is 17.1 Å². The Morgan fingerprint density at radius 2 is 1.83 bits per heavy atom. The predicted molar refractivity (Wildman–Crippen MR) is 140 cm³/mol. The summed E-state index contributed by atoms with van der Waals surface area (Å²) in [4.78, 5) is 37.2. The number of allylic oxidation sites excluding steroid dienone is 1. The van der Waals surface area contributed by atoms with E-state index in [2.05, 4.69) is 17.2 Å². The minimum absolute atomic E-state index is 0.0925. The van der Waals surface area contributed by atoms with E-state index in [0.29, 0.717) is 47.5 Å². The SMILES string of the molecule is C=CCc1c(OC)ccc2cc(C(=O)Nc3ccc(CNCCC(=O)OC(C)(C)C)cc3)c(=O)oc12. The fourth-order valence-corrected chi connectivity index (χ4v) is 3.63. The molecule has 3 aromatic rings. The van der Waals surface area contributed by atoms with Crippen molar-refractivity contribution in [2.24, 2.45) is 0 Å². The highest BCUT2D eigenvalue weighted by Crippen LogP contribution is 2.28. The van der Waals surface area contributed by atoms with Gasteiger partial charge in [-0.25, -0.2) is 4.79 Å². The molecular weight excluding hydrogens is 460 g/mol. The van der Waals surface area contributed by atoms with Gasteiger partial charge in [0.25, 0.3) is 5.91 Å². The Labute approximate surface area is 210 Å². The van der Waals surface area contributed by atoms with E-state index in [4.69, 9.17) is 13.9 Å². The molecule has 1 amide bonds. The van der Waals surface area contributed by atoms with Gasteiger partial charge in [-0.2, -0.15) is 0 Å². The molecule has 0 atom stereocenters. The van der Waals surface area contributed by atoms with Crippen molar-refractivity contribution in [2.75, 3.05) is 19.0 Å². The maximum absolute atomic E-state index is 12.8. The number of amides is 1. The zero-order chi connectivity index (χ0) is 26.3. The molecule has 0 spiro atoms. The molecule has 1 heterocycles. The van der Waals surface area contributed by atoms with E-state index in [0.717, 1.165) is 5.56 Å². The smallest absolute Gasteiger partial charge is 0.349 e. The van der Waals surface area contributed by atoms with Crippen LogP contribution < -0.4 is 21.0 Å². The number of esters is 1. The van der Waals surface area contributed by atoms with Crippen molar-refractivity contribution < 1.29 is 23.5 Å². The van der Waals surface area contributed by atoms with Crippen molar-refractivity contribution in [3.05, 3.63) is 82.2 Å². The van der Waals surface area contributed by atoms with Crippen LogP contribution in [-0.4, -0.2) is 31.1 Å². The summed E-state index contributed by atoms with van der Waals surface area (Å²) in [6, 6.07) is 12.2. The number of rotatable bonds is 10. The number of hydrogen-bond acceptors (Lipinski definition) is 7. The van der Waals surface area contributed by atoms with Crippen LogP contribution in [0.4, 0.5) is 5.69 Å². The summed E-state index contributed by atoms with van der Waals surface area (Å²) < 4.78 is 16.1. The first-order chi connectivity index (χ1) is 17.1. The first-order valence-electron chi connectivity index (χ1n) is 11.7. The standard InChI is InChI=1S/C28H32N2O6/c1-6-7-21-23(34-5)13-10-19-16-22(27(33)35-25(19)21)26(32)30-20-11-8-18(9-12-20)17-29-15-14-24(31)36-28(2,3)4/h6,8-13,16,29H,1,7,14-15,17H2,2-5H3,(H,30,32). The molecule has 0 unspecified atom stereocenters. The van der Waals surface area contributed by atoms with Crippen LogP contribution in [0.25, 0.3) is 11.0 Å². The lowest BCUT2D eigenvalue weighted by Gasteiger charge is -2.19. The van der Waals surface area contributed by atoms with Crippen LogP contribution in [0.15, 0.2) is 64.3 Å². The van der Waals surface area contributed by atoms with E-state index in [1.165, 1.54) is 6.07 Å². The van der Waals surface area contributed by atoms with Gasteiger partial charge in [-0.15, -0.1) is 6.58 Å². The number of anilines is 1. The molecule has 36 heavy (non-hydrogen) atoms. The van der Waals surface area contributed by atoms with Gasteiger partial charge in [0.05, 0.1) is 13.5 Å². The second-order valence-electron chi connectivity index (χ2n) is 9.27. The van der Waals surface area contributed by atoms with Crippen molar-refractivity contribution in [1.29, 1.82) is 0 Å². The summed E-state index contributed by atoms with van der Waals surface area (Å²) in [5, 5.41) is 6.55. The van der Waals surface area contributed by atoms with Crippen LogP contribution in [0.2, 0.25) is 0 Å². The topological polar surface area (TPSA) is 107 Å². The predicted octanol–water partition coefficient (Wildman–Crippen LogP) is 4.60. The molecule has 0 bridgehead atoms. The number of fused-ring (bicyclic) bond motifs is 1. The maximum Gasteiger partial charge on any atom is 0.349 e. The highest BCUT2D eigenvalue weighted by Gasteiger charge is 2.18. The molecule has 0 fully saturated rings. The molecule has 8 heteroatoms. The van der Waals surface area contributed by atoms with Crippen LogP contribution in [0.3, 0.4) is 0 Å². The maximum atomic E-state index is 12.8. The summed E-state index contributed by atoms with van der Waals surface area (Å²) in [7, 11) is 1.54. The van der Waals surface area contributed by atoms with Crippen molar-refractivity contribution in [1.82, 2.24) is 5.32 Å². The van der Waals surface area contributed by atoms with Crippen LogP contribution in [0.1, 0.15) is 48.7 Å². The number of carbonyl (C=O) groups excluding carboxylic acids is 2. The van der Waals surface area contributed by atoms with Gasteiger partial charge in [-0.1, -0.05) is 18.2 Å². The van der Waals surface area contributed by atoms with E-state index in [9.17, 15) is 14.4 Å². The third-order valence-corrected chi connectivity index (χ3v) is 5.24. The number of nitrogens with one attached hydrogen (secondary N) is 2. The molecule has 0 aliphatic heterocycles. The van der Waals surface area contributed by atoms with Gasteiger partial charge in [-0.3, -0.25) is 9.59 Å². The zero-order valence-electron chi connectivity index (χ0n) is 21.1. The van der Waals surface area contributed by atoms with E-state index in [-0.39, 0.29) is 18.0 Å². The van der Waals surface area contributed by atoms with E-state index in [1.54, 1.807) is 37.5 Å². The minimum Gasteiger partial charge on any atom is -0.496 e. The largest absolute Gasteiger partial charge is 0.496 e. The molecule has 0 aliphatic carbocycles. The van der Waals surface area contributed by atoms with Crippen LogP contribution in [-0.2, 0) is 22.5 Å². The quantitative estimate of drug-likeness (QED) is 0.184. The molecule has 8 nitrogen and oxygen atoms in total. The number of hydrogen-bond donors (Lipinski definition) is 2. The molecule has 0 saturated heterocycles. The van der Waals surface area contributed by atoms with Gasteiger partial charge in [0.1, 0.15) is 22.5 Å². The van der Waals surface area contributed by atoms with Crippen LogP contribution >= 0.6 is 0 Å². The lowest BCUT2D eigenvalue weighted by molar-refractivity contribution is -0.154. The Bertz CT molecular complexity index is 1300. The molecular formula is C28H32N2O6. The van der Waals surface area contributed by atoms with Gasteiger partial charge in [0.2, 0.25) is 0 Å². The zero-order valence-corrected chi connectivity index (χ0v) is 21.1. The van der Waals surface area contributed by atoms with Crippen molar-refractivity contribution in [3.8, 4) is 5.75 Å². The average Bonchev–Trinajstić information content (AvgIpc) is 2.82. The summed E-state index contributed by atoms with van der Waals surface area (Å²) in [5.41, 5.74) is 1.27. The lowest BCUT2D eigenvalue weighted by atomic mass is 10.1. The molecule has 190 valence electrons. The lowest BCUT2D eigenvalue weighted by Crippen LogP contribution is -2.26. The normalized spacial score (nSPS) is 11.2. The van der Waals surface area contributed by atoms with Gasteiger partial charge in [-0.05, 0) is 63.1 Å². The number of methoxy groups -OCH3 is 1. The van der Waals surface area contributed by atoms with Crippen molar-refractivity contribution >= 4 is 28.5 Å². The summed E-state index contributed by atoms with van der Waals surface area (Å²) >= 11 is 0. The monoisotopic (exact) mass is 492 g/mol. The van der Waals surface area contributed by atoms with Gasteiger partial charge in [0, 0.05) is 29.7 Å². The van der Waals surface area contributed by atoms with E-state index >= 15 is 0 Å². The summed E-state index contributed by atoms with van der Waals surface area (Å²) in [6.45, 7) is 10.3. The second kappa shape index (κ2) is 11.7. The highest BCUT2D eigenvalue weighted by molar-refractivity contribution is 6.05. The third kappa shape index (κ3) is 7.05. The molecule has 2 aromatic carbocycles. The van der Waals surface area contributed by atoms with Crippen LogP contribution in [0, 0.1) is 0 Å². The van der Waals surface area contributed by atoms with Crippen LogP contribution in [0.5, 0.6) is 5.75 Å². The Morgan fingerprint density at radius 1 is 1.11 bits per heavy atom.